The lowest BCUT2D eigenvalue weighted by Gasteiger charge is -2.28. The number of carbonyl (C=O) groups excluding carboxylic acids is 2. The first-order chi connectivity index (χ1) is 20.4. The summed E-state index contributed by atoms with van der Waals surface area (Å²) in [5.41, 5.74) is 3.10. The molecule has 0 saturated heterocycles. The van der Waals surface area contributed by atoms with Crippen molar-refractivity contribution in [2.45, 2.75) is 26.2 Å². The van der Waals surface area contributed by atoms with Gasteiger partial charge in [0.25, 0.3) is 11.8 Å². The number of hydrogen-bond acceptors (Lipinski definition) is 4. The number of nitrogens with zero attached hydrogens (tertiary/aromatic N) is 4. The molecule has 0 fully saturated rings. The van der Waals surface area contributed by atoms with Crippen molar-refractivity contribution in [3.8, 4) is 5.69 Å². The van der Waals surface area contributed by atoms with Crippen LogP contribution >= 0.6 is 27.5 Å². The molecular formula is C31H27BrClN5O4. The summed E-state index contributed by atoms with van der Waals surface area (Å²) in [7, 11) is 0. The summed E-state index contributed by atoms with van der Waals surface area (Å²) in [5.74, 6) is -0.651. The molecule has 11 heteroatoms. The van der Waals surface area contributed by atoms with E-state index in [1.54, 1.807) is 33.7 Å². The molecule has 0 bridgehead atoms. The molecule has 0 unspecified atom stereocenters. The Hall–Kier alpha value is -4.12. The van der Waals surface area contributed by atoms with Gasteiger partial charge in [-0.2, -0.15) is 0 Å². The topological polar surface area (TPSA) is 102 Å². The second-order valence-corrected chi connectivity index (χ2v) is 11.3. The molecule has 9 nitrogen and oxygen atoms in total. The molecular weight excluding hydrogens is 622 g/mol. The van der Waals surface area contributed by atoms with Gasteiger partial charge in [-0.25, -0.2) is 4.79 Å². The van der Waals surface area contributed by atoms with Crippen molar-refractivity contribution in [2.24, 2.45) is 0 Å². The molecule has 0 spiro atoms. The molecule has 1 aliphatic heterocycles. The van der Waals surface area contributed by atoms with Crippen LogP contribution < -0.4 is 11.0 Å². The van der Waals surface area contributed by atoms with Gasteiger partial charge in [0, 0.05) is 53.3 Å². The molecule has 214 valence electrons. The van der Waals surface area contributed by atoms with Crippen LogP contribution in [0.5, 0.6) is 0 Å². The third-order valence-corrected chi connectivity index (χ3v) is 8.73. The number of aromatic nitrogens is 3. The van der Waals surface area contributed by atoms with Crippen LogP contribution in [0.2, 0.25) is 5.02 Å². The Morgan fingerprint density at radius 3 is 2.57 bits per heavy atom. The quantitative estimate of drug-likeness (QED) is 0.270. The molecule has 0 saturated carbocycles. The van der Waals surface area contributed by atoms with E-state index < -0.39 is 5.91 Å². The van der Waals surface area contributed by atoms with Gasteiger partial charge in [-0.1, -0.05) is 41.9 Å². The lowest BCUT2D eigenvalue weighted by Crippen LogP contribution is -2.41. The van der Waals surface area contributed by atoms with E-state index >= 15 is 0 Å². The standard InChI is InChI=1S/C31H27BrClN5O4/c32-24-8-6-22(17-25(24)33)30(41)36-12-13-37-27(19-36)28(29(40)34-18-20-4-2-1-3-5-20)38(31(37)42)23-7-9-26-21(16-23)10-11-35(26)14-15-39/h1-11,16-17,39H,12-15,18-19H2,(H,34,40). The summed E-state index contributed by atoms with van der Waals surface area (Å²) < 4.78 is 5.63. The van der Waals surface area contributed by atoms with Crippen LogP contribution in [-0.2, 0) is 26.2 Å². The van der Waals surface area contributed by atoms with E-state index in [9.17, 15) is 19.5 Å². The average molecular weight is 649 g/mol. The average Bonchev–Trinajstić information content (AvgIpc) is 3.54. The first kappa shape index (κ1) is 28.0. The lowest BCUT2D eigenvalue weighted by molar-refractivity contribution is 0.0706. The van der Waals surface area contributed by atoms with Gasteiger partial charge in [-0.15, -0.1) is 0 Å². The number of amides is 2. The van der Waals surface area contributed by atoms with Gasteiger partial charge >= 0.3 is 5.69 Å². The number of hydrogen-bond donors (Lipinski definition) is 2. The number of carbonyl (C=O) groups is 2. The maximum atomic E-state index is 13.9. The minimum atomic E-state index is -0.413. The Balaban J connectivity index is 1.41. The Bertz CT molecular complexity index is 1880. The van der Waals surface area contributed by atoms with Crippen LogP contribution in [0.4, 0.5) is 0 Å². The molecule has 3 aromatic carbocycles. The highest BCUT2D eigenvalue weighted by Crippen LogP contribution is 2.27. The Morgan fingerprint density at radius 1 is 1.00 bits per heavy atom. The van der Waals surface area contributed by atoms with Gasteiger partial charge in [0.2, 0.25) is 0 Å². The summed E-state index contributed by atoms with van der Waals surface area (Å²) in [6.07, 6.45) is 1.88. The van der Waals surface area contributed by atoms with Gasteiger partial charge in [0.15, 0.2) is 0 Å². The minimum absolute atomic E-state index is 0.00458. The molecule has 2 aromatic heterocycles. The molecule has 1 aliphatic rings. The van der Waals surface area contributed by atoms with E-state index in [-0.39, 0.29) is 43.5 Å². The van der Waals surface area contributed by atoms with E-state index in [1.165, 1.54) is 4.57 Å². The second kappa shape index (κ2) is 11.6. The Labute approximate surface area is 254 Å². The predicted molar refractivity (Wildman–Crippen MR) is 164 cm³/mol. The van der Waals surface area contributed by atoms with Crippen LogP contribution in [0.1, 0.15) is 32.1 Å². The predicted octanol–water partition coefficient (Wildman–Crippen LogP) is 4.59. The number of halogens is 2. The Kier molecular flexibility index (Phi) is 7.76. The molecule has 0 atom stereocenters. The number of fused-ring (bicyclic) bond motifs is 2. The fourth-order valence-corrected chi connectivity index (χ4v) is 5.84. The summed E-state index contributed by atoms with van der Waals surface area (Å²) in [4.78, 5) is 42.8. The van der Waals surface area contributed by atoms with Gasteiger partial charge in [0.05, 0.1) is 29.6 Å². The van der Waals surface area contributed by atoms with E-state index in [0.717, 1.165) is 16.5 Å². The molecule has 3 heterocycles. The molecule has 42 heavy (non-hydrogen) atoms. The van der Waals surface area contributed by atoms with Gasteiger partial charge in [0.1, 0.15) is 5.69 Å². The fourth-order valence-electron chi connectivity index (χ4n) is 5.41. The van der Waals surface area contributed by atoms with Crippen molar-refractivity contribution in [1.29, 1.82) is 0 Å². The zero-order valence-corrected chi connectivity index (χ0v) is 24.8. The SMILES string of the molecule is O=C(NCc1ccccc1)c1c2n(c(=O)n1-c1ccc3c(ccn3CCO)c1)CCN(C(=O)c1ccc(Br)c(Cl)c1)C2. The van der Waals surface area contributed by atoms with E-state index in [0.29, 0.717) is 39.5 Å². The second-order valence-electron chi connectivity index (χ2n) is 10.1. The number of rotatable bonds is 7. The van der Waals surface area contributed by atoms with Crippen molar-refractivity contribution in [2.75, 3.05) is 13.2 Å². The van der Waals surface area contributed by atoms with Gasteiger partial charge in [-0.05, 0) is 64.0 Å². The fraction of sp³-hybridized carbons (Fsp3) is 0.194. The van der Waals surface area contributed by atoms with Crippen molar-refractivity contribution < 1.29 is 14.7 Å². The largest absolute Gasteiger partial charge is 0.395 e. The Morgan fingerprint density at radius 2 is 1.81 bits per heavy atom. The first-order valence-electron chi connectivity index (χ1n) is 13.5. The number of aliphatic hydroxyl groups is 1. The zero-order chi connectivity index (χ0) is 29.4. The van der Waals surface area contributed by atoms with Crippen LogP contribution in [0, 0.1) is 0 Å². The van der Waals surface area contributed by atoms with E-state index in [4.69, 9.17) is 11.6 Å². The maximum Gasteiger partial charge on any atom is 0.333 e. The highest BCUT2D eigenvalue weighted by atomic mass is 79.9. The van der Waals surface area contributed by atoms with Crippen LogP contribution in [0.15, 0.2) is 88.3 Å². The van der Waals surface area contributed by atoms with Crippen LogP contribution in [-0.4, -0.2) is 48.7 Å². The third-order valence-electron chi connectivity index (χ3n) is 7.50. The highest BCUT2D eigenvalue weighted by molar-refractivity contribution is 9.10. The summed E-state index contributed by atoms with van der Waals surface area (Å²) in [6, 6.07) is 22.0. The van der Waals surface area contributed by atoms with Crippen molar-refractivity contribution in [3.63, 3.8) is 0 Å². The van der Waals surface area contributed by atoms with Crippen molar-refractivity contribution >= 4 is 50.2 Å². The number of benzene rings is 3. The molecule has 0 radical (unpaired) electrons. The van der Waals surface area contributed by atoms with Gasteiger partial charge < -0.3 is 19.9 Å². The number of nitrogens with one attached hydrogen (secondary N) is 1. The summed E-state index contributed by atoms with van der Waals surface area (Å²) in [6.45, 7) is 1.36. The summed E-state index contributed by atoms with van der Waals surface area (Å²) in [5, 5.41) is 13.7. The molecule has 2 N–H and O–H groups in total. The monoisotopic (exact) mass is 647 g/mol. The summed E-state index contributed by atoms with van der Waals surface area (Å²) >= 11 is 9.60. The highest BCUT2D eigenvalue weighted by Gasteiger charge is 2.32. The van der Waals surface area contributed by atoms with E-state index in [1.807, 2.05) is 59.3 Å². The molecule has 5 aromatic rings. The number of aliphatic hydroxyl groups excluding tert-OH is 1. The zero-order valence-electron chi connectivity index (χ0n) is 22.5. The van der Waals surface area contributed by atoms with Crippen LogP contribution in [0.3, 0.4) is 0 Å². The minimum Gasteiger partial charge on any atom is -0.395 e. The smallest absolute Gasteiger partial charge is 0.333 e. The molecule has 2 amide bonds. The van der Waals surface area contributed by atoms with Crippen molar-refractivity contribution in [3.05, 3.63) is 121 Å². The molecule has 6 rings (SSSR count). The normalized spacial score (nSPS) is 12.9. The van der Waals surface area contributed by atoms with Crippen LogP contribution in [0.25, 0.3) is 16.6 Å². The third kappa shape index (κ3) is 5.17. The maximum absolute atomic E-state index is 13.9. The van der Waals surface area contributed by atoms with E-state index in [2.05, 4.69) is 21.2 Å². The first-order valence-corrected chi connectivity index (χ1v) is 14.6. The van der Waals surface area contributed by atoms with Gasteiger partial charge in [-0.3, -0.25) is 18.7 Å². The lowest BCUT2D eigenvalue weighted by atomic mass is 10.1. The number of imidazole rings is 1. The van der Waals surface area contributed by atoms with Crippen molar-refractivity contribution in [1.82, 2.24) is 23.9 Å². The molecule has 0 aliphatic carbocycles.